The minimum absolute atomic E-state index is 0.762. The van der Waals surface area contributed by atoms with E-state index in [9.17, 15) is 0 Å². The molecular formula is C21H37N5. The van der Waals surface area contributed by atoms with Crippen LogP contribution in [0.1, 0.15) is 43.7 Å². The van der Waals surface area contributed by atoms with Crippen molar-refractivity contribution >= 4 is 5.96 Å². The molecule has 0 spiro atoms. The zero-order chi connectivity index (χ0) is 18.8. The van der Waals surface area contributed by atoms with E-state index in [4.69, 9.17) is 0 Å². The SMILES string of the molecule is CCC1CCCCN1CCNC(=NC)NCc1ccccc1CN(C)C. The van der Waals surface area contributed by atoms with Gasteiger partial charge < -0.3 is 15.5 Å². The second-order valence-corrected chi connectivity index (χ2v) is 7.45. The third kappa shape index (κ3) is 6.61. The molecule has 5 heteroatoms. The largest absolute Gasteiger partial charge is 0.355 e. The first kappa shape index (κ1) is 20.7. The van der Waals surface area contributed by atoms with Crippen molar-refractivity contribution in [2.75, 3.05) is 40.8 Å². The van der Waals surface area contributed by atoms with E-state index in [1.165, 1.54) is 43.4 Å². The molecule has 2 N–H and O–H groups in total. The zero-order valence-corrected chi connectivity index (χ0v) is 17.1. The first-order chi connectivity index (χ1) is 12.6. The maximum absolute atomic E-state index is 4.38. The second-order valence-electron chi connectivity index (χ2n) is 7.45. The Labute approximate surface area is 159 Å². The first-order valence-corrected chi connectivity index (χ1v) is 10.0. The van der Waals surface area contributed by atoms with Gasteiger partial charge in [-0.05, 0) is 51.0 Å². The number of likely N-dealkylation sites (tertiary alicyclic amines) is 1. The summed E-state index contributed by atoms with van der Waals surface area (Å²) in [6, 6.07) is 9.37. The van der Waals surface area contributed by atoms with Crippen molar-refractivity contribution in [2.45, 2.75) is 51.7 Å². The van der Waals surface area contributed by atoms with E-state index in [1.807, 2.05) is 7.05 Å². The van der Waals surface area contributed by atoms with Crippen LogP contribution in [0.3, 0.4) is 0 Å². The summed E-state index contributed by atoms with van der Waals surface area (Å²) in [6.45, 7) is 7.33. The van der Waals surface area contributed by atoms with Crippen molar-refractivity contribution in [1.82, 2.24) is 20.4 Å². The van der Waals surface area contributed by atoms with Crippen LogP contribution in [0.25, 0.3) is 0 Å². The standard InChI is InChI=1S/C21H37N5/c1-5-20-12-8-9-14-26(20)15-13-23-21(22-2)24-16-18-10-6-7-11-19(18)17-25(3)4/h6-7,10-11,20H,5,8-9,12-17H2,1-4H3,(H2,22,23,24). The summed E-state index contributed by atoms with van der Waals surface area (Å²) in [7, 11) is 6.06. The summed E-state index contributed by atoms with van der Waals surface area (Å²) in [4.78, 5) is 9.22. The van der Waals surface area contributed by atoms with Gasteiger partial charge in [0.2, 0.25) is 0 Å². The molecule has 0 saturated carbocycles. The van der Waals surface area contributed by atoms with Crippen LogP contribution < -0.4 is 10.6 Å². The molecule has 1 heterocycles. The molecule has 26 heavy (non-hydrogen) atoms. The molecule has 1 aliphatic heterocycles. The summed E-state index contributed by atoms with van der Waals surface area (Å²) in [5, 5.41) is 6.94. The second kappa shape index (κ2) is 11.2. The number of piperidine rings is 1. The molecule has 0 radical (unpaired) electrons. The van der Waals surface area contributed by atoms with Crippen LogP contribution in [0.2, 0.25) is 0 Å². The number of nitrogens with one attached hydrogen (secondary N) is 2. The highest BCUT2D eigenvalue weighted by Gasteiger charge is 2.19. The number of rotatable bonds is 8. The van der Waals surface area contributed by atoms with Gasteiger partial charge in [0.15, 0.2) is 5.96 Å². The fourth-order valence-electron chi connectivity index (χ4n) is 3.76. The van der Waals surface area contributed by atoms with Gasteiger partial charge in [0, 0.05) is 39.3 Å². The lowest BCUT2D eigenvalue weighted by Gasteiger charge is -2.35. The summed E-state index contributed by atoms with van der Waals surface area (Å²) >= 11 is 0. The first-order valence-electron chi connectivity index (χ1n) is 10.0. The molecule has 2 rings (SSSR count). The van der Waals surface area contributed by atoms with Crippen molar-refractivity contribution in [3.05, 3.63) is 35.4 Å². The third-order valence-corrected chi connectivity index (χ3v) is 5.19. The Kier molecular flexibility index (Phi) is 8.92. The van der Waals surface area contributed by atoms with E-state index in [1.54, 1.807) is 0 Å². The summed E-state index contributed by atoms with van der Waals surface area (Å²) in [5.74, 6) is 0.884. The van der Waals surface area contributed by atoms with Gasteiger partial charge in [-0.1, -0.05) is 37.6 Å². The minimum Gasteiger partial charge on any atom is -0.355 e. The Morgan fingerprint density at radius 1 is 1.19 bits per heavy atom. The van der Waals surface area contributed by atoms with E-state index in [-0.39, 0.29) is 0 Å². The Bertz CT molecular complexity index is 555. The van der Waals surface area contributed by atoms with Gasteiger partial charge in [0.05, 0.1) is 0 Å². The minimum atomic E-state index is 0.762. The fraction of sp³-hybridized carbons (Fsp3) is 0.667. The van der Waals surface area contributed by atoms with E-state index in [2.05, 4.69) is 70.7 Å². The van der Waals surface area contributed by atoms with Crippen LogP contribution in [-0.2, 0) is 13.1 Å². The number of nitrogens with zero attached hydrogens (tertiary/aromatic N) is 3. The number of hydrogen-bond acceptors (Lipinski definition) is 3. The Morgan fingerprint density at radius 3 is 2.65 bits per heavy atom. The predicted molar refractivity (Wildman–Crippen MR) is 112 cm³/mol. The topological polar surface area (TPSA) is 42.9 Å². The molecule has 1 atom stereocenters. The highest BCUT2D eigenvalue weighted by Crippen LogP contribution is 2.18. The van der Waals surface area contributed by atoms with E-state index >= 15 is 0 Å². The van der Waals surface area contributed by atoms with E-state index < -0.39 is 0 Å². The van der Waals surface area contributed by atoms with Crippen LogP contribution >= 0.6 is 0 Å². The van der Waals surface area contributed by atoms with Crippen molar-refractivity contribution in [2.24, 2.45) is 4.99 Å². The molecule has 1 unspecified atom stereocenters. The number of hydrogen-bond donors (Lipinski definition) is 2. The number of aliphatic imine (C=N–C) groups is 1. The molecule has 5 nitrogen and oxygen atoms in total. The molecule has 0 amide bonds. The molecule has 1 aromatic carbocycles. The third-order valence-electron chi connectivity index (χ3n) is 5.19. The molecule has 1 aliphatic rings. The van der Waals surface area contributed by atoms with Gasteiger partial charge in [0.25, 0.3) is 0 Å². The summed E-state index contributed by atoms with van der Waals surface area (Å²) in [6.07, 6.45) is 5.34. The molecular weight excluding hydrogens is 322 g/mol. The molecule has 0 bridgehead atoms. The lowest BCUT2D eigenvalue weighted by molar-refractivity contribution is 0.147. The maximum atomic E-state index is 4.38. The van der Waals surface area contributed by atoms with Crippen LogP contribution in [-0.4, -0.2) is 62.6 Å². The predicted octanol–water partition coefficient (Wildman–Crippen LogP) is 2.68. The number of guanidine groups is 1. The van der Waals surface area contributed by atoms with E-state index in [0.29, 0.717) is 0 Å². The zero-order valence-electron chi connectivity index (χ0n) is 17.1. The maximum Gasteiger partial charge on any atom is 0.191 e. The average Bonchev–Trinajstić information content (AvgIpc) is 2.65. The molecule has 0 aliphatic carbocycles. The lowest BCUT2D eigenvalue weighted by atomic mass is 10.0. The molecule has 146 valence electrons. The van der Waals surface area contributed by atoms with Gasteiger partial charge >= 0.3 is 0 Å². The van der Waals surface area contributed by atoms with E-state index in [0.717, 1.165) is 38.2 Å². The molecule has 1 fully saturated rings. The van der Waals surface area contributed by atoms with Crippen molar-refractivity contribution < 1.29 is 0 Å². The number of benzene rings is 1. The Balaban J connectivity index is 1.79. The van der Waals surface area contributed by atoms with Crippen molar-refractivity contribution in [3.63, 3.8) is 0 Å². The van der Waals surface area contributed by atoms with Crippen molar-refractivity contribution in [3.8, 4) is 0 Å². The van der Waals surface area contributed by atoms with Crippen LogP contribution in [0.4, 0.5) is 0 Å². The van der Waals surface area contributed by atoms with Crippen LogP contribution in [0, 0.1) is 0 Å². The van der Waals surface area contributed by atoms with Gasteiger partial charge in [0.1, 0.15) is 0 Å². The molecule has 1 aromatic rings. The van der Waals surface area contributed by atoms with Gasteiger partial charge in [-0.2, -0.15) is 0 Å². The average molecular weight is 360 g/mol. The highest BCUT2D eigenvalue weighted by molar-refractivity contribution is 5.79. The lowest BCUT2D eigenvalue weighted by Crippen LogP contribution is -2.45. The smallest absolute Gasteiger partial charge is 0.191 e. The van der Waals surface area contributed by atoms with Gasteiger partial charge in [-0.15, -0.1) is 0 Å². The highest BCUT2D eigenvalue weighted by atomic mass is 15.2. The quantitative estimate of drug-likeness (QED) is 0.553. The molecule has 1 saturated heterocycles. The monoisotopic (exact) mass is 359 g/mol. The fourth-order valence-corrected chi connectivity index (χ4v) is 3.76. The normalized spacial score (nSPS) is 19.0. The van der Waals surface area contributed by atoms with Gasteiger partial charge in [-0.3, -0.25) is 9.89 Å². The summed E-state index contributed by atoms with van der Waals surface area (Å²) < 4.78 is 0. The van der Waals surface area contributed by atoms with Crippen molar-refractivity contribution in [1.29, 1.82) is 0 Å². The van der Waals surface area contributed by atoms with Gasteiger partial charge in [-0.25, -0.2) is 0 Å². The summed E-state index contributed by atoms with van der Waals surface area (Å²) in [5.41, 5.74) is 2.69. The van der Waals surface area contributed by atoms with Crippen LogP contribution in [0.15, 0.2) is 29.3 Å². The Hall–Kier alpha value is -1.59. The van der Waals surface area contributed by atoms with Crippen LogP contribution in [0.5, 0.6) is 0 Å². The molecule has 0 aromatic heterocycles. The Morgan fingerprint density at radius 2 is 1.96 bits per heavy atom.